The molecule has 6 nitrogen and oxygen atoms in total. The molecule has 0 radical (unpaired) electrons. The largest absolute Gasteiger partial charge is 0.478 e. The topological polar surface area (TPSA) is 102 Å². The molecule has 0 spiro atoms. The molecule has 0 saturated heterocycles. The van der Waals surface area contributed by atoms with E-state index in [1.165, 1.54) is 18.5 Å². The highest BCUT2D eigenvalue weighted by molar-refractivity contribution is 5.88. The van der Waals surface area contributed by atoms with E-state index in [2.05, 4.69) is 26.8 Å². The molecule has 0 atom stereocenters. The van der Waals surface area contributed by atoms with Gasteiger partial charge in [0, 0.05) is 17.3 Å². The van der Waals surface area contributed by atoms with Gasteiger partial charge in [0.15, 0.2) is 0 Å². The Hall–Kier alpha value is -3.72. The highest BCUT2D eigenvalue weighted by Crippen LogP contribution is 2.22. The minimum absolute atomic E-state index is 0.218. The van der Waals surface area contributed by atoms with E-state index in [0.717, 1.165) is 16.8 Å². The van der Waals surface area contributed by atoms with E-state index < -0.39 is 5.97 Å². The Bertz CT molecular complexity index is 985. The van der Waals surface area contributed by atoms with Gasteiger partial charge in [0.2, 0.25) is 0 Å². The molecule has 2 aromatic heterocycles. The smallest absolute Gasteiger partial charge is 0.335 e. The highest BCUT2D eigenvalue weighted by Gasteiger charge is 2.10. The summed E-state index contributed by atoms with van der Waals surface area (Å²) in [6, 6.07) is 9.97. The van der Waals surface area contributed by atoms with Gasteiger partial charge >= 0.3 is 5.97 Å². The SMILES string of the molecule is Cc1ncnc(-c2ccc(C(=O)O)cc2)c1C#Cc1ccc(N)nc1. The third-order valence-electron chi connectivity index (χ3n) is 3.56. The van der Waals surface area contributed by atoms with Crippen molar-refractivity contribution in [2.24, 2.45) is 0 Å². The van der Waals surface area contributed by atoms with E-state index in [0.29, 0.717) is 17.1 Å². The maximum atomic E-state index is 11.0. The minimum atomic E-state index is -0.971. The van der Waals surface area contributed by atoms with E-state index in [1.54, 1.807) is 30.5 Å². The van der Waals surface area contributed by atoms with Crippen molar-refractivity contribution in [2.75, 3.05) is 5.73 Å². The van der Waals surface area contributed by atoms with Gasteiger partial charge in [-0.25, -0.2) is 19.7 Å². The summed E-state index contributed by atoms with van der Waals surface area (Å²) in [6.07, 6.45) is 3.06. The summed E-state index contributed by atoms with van der Waals surface area (Å²) in [6.45, 7) is 1.85. The first-order valence-corrected chi connectivity index (χ1v) is 7.43. The van der Waals surface area contributed by atoms with Crippen LogP contribution in [0.5, 0.6) is 0 Å². The van der Waals surface area contributed by atoms with Crippen LogP contribution >= 0.6 is 0 Å². The van der Waals surface area contributed by atoms with Gasteiger partial charge in [0.25, 0.3) is 0 Å². The van der Waals surface area contributed by atoms with Crippen molar-refractivity contribution in [1.82, 2.24) is 15.0 Å². The number of nitrogens with two attached hydrogens (primary N) is 1. The Morgan fingerprint density at radius 1 is 1.04 bits per heavy atom. The Balaban J connectivity index is 2.03. The van der Waals surface area contributed by atoms with Crippen LogP contribution in [0.15, 0.2) is 48.9 Å². The third kappa shape index (κ3) is 3.62. The number of anilines is 1. The lowest BCUT2D eigenvalue weighted by molar-refractivity contribution is 0.0697. The Morgan fingerprint density at radius 3 is 2.44 bits per heavy atom. The van der Waals surface area contributed by atoms with Crippen molar-refractivity contribution in [3.8, 4) is 23.1 Å². The third-order valence-corrected chi connectivity index (χ3v) is 3.56. The molecule has 122 valence electrons. The van der Waals surface area contributed by atoms with Gasteiger partial charge < -0.3 is 10.8 Å². The fourth-order valence-electron chi connectivity index (χ4n) is 2.23. The number of aromatic carboxylic acids is 1. The highest BCUT2D eigenvalue weighted by atomic mass is 16.4. The number of carboxylic acids is 1. The quantitative estimate of drug-likeness (QED) is 0.700. The molecule has 0 saturated carbocycles. The van der Waals surface area contributed by atoms with Crippen molar-refractivity contribution < 1.29 is 9.90 Å². The summed E-state index contributed by atoms with van der Waals surface area (Å²) in [5, 5.41) is 9.01. The number of carbonyl (C=O) groups is 1. The number of hydrogen-bond acceptors (Lipinski definition) is 5. The van der Waals surface area contributed by atoms with Crippen LogP contribution < -0.4 is 5.73 Å². The van der Waals surface area contributed by atoms with Crippen LogP contribution in [0.25, 0.3) is 11.3 Å². The lowest BCUT2D eigenvalue weighted by atomic mass is 10.0. The first-order chi connectivity index (χ1) is 12.0. The number of pyridine rings is 1. The average molecular weight is 330 g/mol. The molecule has 0 aliphatic heterocycles. The van der Waals surface area contributed by atoms with Gasteiger partial charge in [-0.2, -0.15) is 0 Å². The zero-order valence-electron chi connectivity index (χ0n) is 13.4. The zero-order valence-corrected chi connectivity index (χ0v) is 13.4. The van der Waals surface area contributed by atoms with Gasteiger partial charge in [-0.15, -0.1) is 0 Å². The summed E-state index contributed by atoms with van der Waals surface area (Å²) < 4.78 is 0. The summed E-state index contributed by atoms with van der Waals surface area (Å²) in [4.78, 5) is 23.5. The second kappa shape index (κ2) is 6.81. The molecule has 3 rings (SSSR count). The molecule has 3 N–H and O–H groups in total. The maximum absolute atomic E-state index is 11.0. The second-order valence-corrected chi connectivity index (χ2v) is 5.29. The molecule has 0 amide bonds. The first-order valence-electron chi connectivity index (χ1n) is 7.43. The second-order valence-electron chi connectivity index (χ2n) is 5.29. The van der Waals surface area contributed by atoms with E-state index in [1.807, 2.05) is 6.92 Å². The van der Waals surface area contributed by atoms with E-state index >= 15 is 0 Å². The van der Waals surface area contributed by atoms with Gasteiger partial charge in [-0.1, -0.05) is 24.0 Å². The van der Waals surface area contributed by atoms with Crippen LogP contribution in [-0.4, -0.2) is 26.0 Å². The molecule has 0 aliphatic carbocycles. The molecule has 2 heterocycles. The molecule has 1 aromatic carbocycles. The normalized spacial score (nSPS) is 9.96. The van der Waals surface area contributed by atoms with Crippen molar-refractivity contribution in [3.63, 3.8) is 0 Å². The molecule has 0 aliphatic rings. The standard InChI is InChI=1S/C19H14N4O2/c1-12-16(8-2-13-3-9-17(20)21-10-13)18(23-11-22-12)14-4-6-15(7-5-14)19(24)25/h3-7,9-11H,1H3,(H2,20,21)(H,24,25). The van der Waals surface area contributed by atoms with E-state index in [9.17, 15) is 4.79 Å². The minimum Gasteiger partial charge on any atom is -0.478 e. The van der Waals surface area contributed by atoms with Crippen LogP contribution in [0.1, 0.15) is 27.2 Å². The van der Waals surface area contributed by atoms with Gasteiger partial charge in [0.05, 0.1) is 22.5 Å². The van der Waals surface area contributed by atoms with Crippen molar-refractivity contribution in [2.45, 2.75) is 6.92 Å². The van der Waals surface area contributed by atoms with Gasteiger partial charge in [-0.3, -0.25) is 0 Å². The van der Waals surface area contributed by atoms with Crippen LogP contribution in [0.2, 0.25) is 0 Å². The lowest BCUT2D eigenvalue weighted by Crippen LogP contribution is -1.98. The molecule has 0 unspecified atom stereocenters. The number of aromatic nitrogens is 3. The number of benzene rings is 1. The molecule has 25 heavy (non-hydrogen) atoms. The number of hydrogen-bond donors (Lipinski definition) is 2. The fourth-order valence-corrected chi connectivity index (χ4v) is 2.23. The van der Waals surface area contributed by atoms with Gasteiger partial charge in [0.1, 0.15) is 12.1 Å². The molecule has 3 aromatic rings. The number of nitrogen functional groups attached to an aromatic ring is 1. The summed E-state index contributed by atoms with van der Waals surface area (Å²) >= 11 is 0. The van der Waals surface area contributed by atoms with Crippen LogP contribution in [0, 0.1) is 18.8 Å². The van der Waals surface area contributed by atoms with E-state index in [-0.39, 0.29) is 5.56 Å². The zero-order chi connectivity index (χ0) is 17.8. The van der Waals surface area contributed by atoms with Crippen LogP contribution in [0.4, 0.5) is 5.82 Å². The maximum Gasteiger partial charge on any atom is 0.335 e. The summed E-state index contributed by atoms with van der Waals surface area (Å²) in [5.74, 6) is 5.57. The molecular formula is C19H14N4O2. The number of aryl methyl sites for hydroxylation is 1. The predicted octanol–water partition coefficient (Wildman–Crippen LogP) is 2.53. The average Bonchev–Trinajstić information content (AvgIpc) is 2.62. The fraction of sp³-hybridized carbons (Fsp3) is 0.0526. The number of carboxylic acid groups (broad SMARTS) is 1. The summed E-state index contributed by atoms with van der Waals surface area (Å²) in [5.41, 5.74) is 9.36. The van der Waals surface area contributed by atoms with Crippen molar-refractivity contribution in [1.29, 1.82) is 0 Å². The van der Waals surface area contributed by atoms with Crippen molar-refractivity contribution >= 4 is 11.8 Å². The monoisotopic (exact) mass is 330 g/mol. The van der Waals surface area contributed by atoms with Crippen LogP contribution in [0.3, 0.4) is 0 Å². The molecular weight excluding hydrogens is 316 g/mol. The van der Waals surface area contributed by atoms with Crippen molar-refractivity contribution in [3.05, 3.63) is 71.3 Å². The first kappa shape index (κ1) is 16.1. The lowest BCUT2D eigenvalue weighted by Gasteiger charge is -2.06. The number of rotatable bonds is 2. The van der Waals surface area contributed by atoms with E-state index in [4.69, 9.17) is 10.8 Å². The number of nitrogens with zero attached hydrogens (tertiary/aromatic N) is 3. The Labute approximate surface area is 144 Å². The molecule has 6 heteroatoms. The van der Waals surface area contributed by atoms with Crippen LogP contribution in [-0.2, 0) is 0 Å². The van der Waals surface area contributed by atoms with Gasteiger partial charge in [-0.05, 0) is 31.2 Å². The summed E-state index contributed by atoms with van der Waals surface area (Å²) in [7, 11) is 0. The Morgan fingerprint density at radius 2 is 1.80 bits per heavy atom. The molecule has 0 bridgehead atoms. The predicted molar refractivity (Wildman–Crippen MR) is 93.8 cm³/mol. The Kier molecular flexibility index (Phi) is 4.40. The molecule has 0 fully saturated rings.